The highest BCUT2D eigenvalue weighted by atomic mass is 35.5. The topological polar surface area (TPSA) is 47.6 Å². The number of benzene rings is 2. The zero-order valence-corrected chi connectivity index (χ0v) is 15.7. The van der Waals surface area contributed by atoms with Crippen LogP contribution < -0.4 is 14.8 Å². The molecule has 26 heavy (non-hydrogen) atoms. The van der Waals surface area contributed by atoms with Gasteiger partial charge in [0.05, 0.1) is 6.54 Å². The molecule has 0 saturated carbocycles. The summed E-state index contributed by atoms with van der Waals surface area (Å²) in [6, 6.07) is 13.3. The van der Waals surface area contributed by atoms with Gasteiger partial charge in [-0.3, -0.25) is 4.79 Å². The molecule has 4 nitrogen and oxygen atoms in total. The van der Waals surface area contributed by atoms with Crippen LogP contribution in [-0.4, -0.2) is 25.2 Å². The summed E-state index contributed by atoms with van der Waals surface area (Å²) in [7, 11) is 0. The van der Waals surface area contributed by atoms with Crippen LogP contribution in [-0.2, 0) is 17.6 Å². The number of rotatable bonds is 7. The van der Waals surface area contributed by atoms with Crippen molar-refractivity contribution in [1.82, 2.24) is 5.32 Å². The van der Waals surface area contributed by atoms with Gasteiger partial charge in [0.1, 0.15) is 18.1 Å². The molecule has 1 N–H and O–H groups in total. The molecule has 1 aliphatic carbocycles. The second kappa shape index (κ2) is 8.95. The lowest BCUT2D eigenvalue weighted by molar-refractivity contribution is -0.127. The molecule has 0 heterocycles. The van der Waals surface area contributed by atoms with Crippen LogP contribution in [0.15, 0.2) is 42.5 Å². The average molecular weight is 374 g/mol. The Hall–Kier alpha value is -2.20. The summed E-state index contributed by atoms with van der Waals surface area (Å²) in [6.45, 7) is 2.58. The molecule has 0 unspecified atom stereocenters. The smallest absolute Gasteiger partial charge is 0.260 e. The number of amides is 1. The maximum absolute atomic E-state index is 12.3. The average Bonchev–Trinajstić information content (AvgIpc) is 2.66. The predicted octanol–water partition coefficient (Wildman–Crippen LogP) is 4.18. The van der Waals surface area contributed by atoms with E-state index in [0.29, 0.717) is 18.2 Å². The first-order valence-electron chi connectivity index (χ1n) is 9.07. The lowest BCUT2D eigenvalue weighted by Gasteiger charge is -2.22. The Morgan fingerprint density at radius 2 is 1.92 bits per heavy atom. The third kappa shape index (κ3) is 4.92. The lowest BCUT2D eigenvalue weighted by atomic mass is 9.91. The number of carbonyl (C=O) groups is 1. The third-order valence-corrected chi connectivity index (χ3v) is 4.76. The zero-order valence-electron chi connectivity index (χ0n) is 15.0. The Labute approximate surface area is 159 Å². The van der Waals surface area contributed by atoms with Crippen molar-refractivity contribution >= 4 is 17.5 Å². The van der Waals surface area contributed by atoms with Gasteiger partial charge in [0, 0.05) is 5.02 Å². The van der Waals surface area contributed by atoms with Crippen molar-refractivity contribution in [2.45, 2.75) is 38.7 Å². The third-order valence-electron chi connectivity index (χ3n) is 4.51. The Balaban J connectivity index is 1.45. The minimum atomic E-state index is -0.543. The molecule has 1 aliphatic rings. The molecule has 0 aliphatic heterocycles. The molecule has 5 heteroatoms. The standard InChI is InChI=1S/C21H24ClNO3/c1-15(26-20-8-4-6-16-5-2-3-7-19(16)20)21(24)23-13-14-25-18-11-9-17(22)10-12-18/h4,6,8-12,15H,2-3,5,7,13-14H2,1H3,(H,23,24)/t15-/m0/s1. The van der Waals surface area contributed by atoms with Crippen LogP contribution in [0, 0.1) is 0 Å². The van der Waals surface area contributed by atoms with Gasteiger partial charge in [-0.1, -0.05) is 23.7 Å². The SMILES string of the molecule is C[C@H](Oc1cccc2c1CCCC2)C(=O)NCCOc1ccc(Cl)cc1. The van der Waals surface area contributed by atoms with Crippen LogP contribution >= 0.6 is 11.6 Å². The summed E-state index contributed by atoms with van der Waals surface area (Å²) >= 11 is 5.83. The number of halogens is 1. The first-order chi connectivity index (χ1) is 12.6. The summed E-state index contributed by atoms with van der Waals surface area (Å²) in [5.41, 5.74) is 2.60. The number of carbonyl (C=O) groups excluding carboxylic acids is 1. The van der Waals surface area contributed by atoms with Gasteiger partial charge in [0.15, 0.2) is 6.10 Å². The van der Waals surface area contributed by atoms with E-state index in [1.165, 1.54) is 24.0 Å². The molecule has 0 radical (unpaired) electrons. The van der Waals surface area contributed by atoms with E-state index in [4.69, 9.17) is 21.1 Å². The highest BCUT2D eigenvalue weighted by Gasteiger charge is 2.19. The van der Waals surface area contributed by atoms with Crippen LogP contribution in [0.25, 0.3) is 0 Å². The quantitative estimate of drug-likeness (QED) is 0.740. The van der Waals surface area contributed by atoms with E-state index < -0.39 is 6.10 Å². The number of nitrogens with one attached hydrogen (secondary N) is 1. The van der Waals surface area contributed by atoms with Gasteiger partial charge in [-0.2, -0.15) is 0 Å². The fourth-order valence-electron chi connectivity index (χ4n) is 3.12. The van der Waals surface area contributed by atoms with Crippen molar-refractivity contribution in [3.63, 3.8) is 0 Å². The molecule has 138 valence electrons. The minimum absolute atomic E-state index is 0.141. The van der Waals surface area contributed by atoms with E-state index in [2.05, 4.69) is 11.4 Å². The summed E-state index contributed by atoms with van der Waals surface area (Å²) in [4.78, 5) is 12.3. The van der Waals surface area contributed by atoms with Crippen LogP contribution in [0.3, 0.4) is 0 Å². The van der Waals surface area contributed by atoms with Gasteiger partial charge < -0.3 is 14.8 Å². The second-order valence-corrected chi connectivity index (χ2v) is 6.89. The molecular formula is C21H24ClNO3. The normalized spacial score (nSPS) is 14.2. The molecule has 1 amide bonds. The maximum Gasteiger partial charge on any atom is 0.260 e. The largest absolute Gasteiger partial charge is 0.492 e. The van der Waals surface area contributed by atoms with Crippen LogP contribution in [0.4, 0.5) is 0 Å². The molecule has 2 aromatic rings. The first-order valence-corrected chi connectivity index (χ1v) is 9.45. The van der Waals surface area contributed by atoms with E-state index in [-0.39, 0.29) is 5.91 Å². The summed E-state index contributed by atoms with van der Waals surface area (Å²) < 4.78 is 11.5. The highest BCUT2D eigenvalue weighted by molar-refractivity contribution is 6.30. The fourth-order valence-corrected chi connectivity index (χ4v) is 3.24. The number of ether oxygens (including phenoxy) is 2. The van der Waals surface area contributed by atoms with Crippen molar-refractivity contribution in [3.8, 4) is 11.5 Å². The van der Waals surface area contributed by atoms with Gasteiger partial charge in [-0.05, 0) is 74.1 Å². The van der Waals surface area contributed by atoms with E-state index >= 15 is 0 Å². The zero-order chi connectivity index (χ0) is 18.4. The van der Waals surface area contributed by atoms with Gasteiger partial charge in [0.2, 0.25) is 0 Å². The monoisotopic (exact) mass is 373 g/mol. The van der Waals surface area contributed by atoms with Gasteiger partial charge in [0.25, 0.3) is 5.91 Å². The number of hydrogen-bond acceptors (Lipinski definition) is 3. The van der Waals surface area contributed by atoms with E-state index in [1.54, 1.807) is 31.2 Å². The van der Waals surface area contributed by atoms with Crippen LogP contribution in [0.1, 0.15) is 30.9 Å². The Morgan fingerprint density at radius 3 is 2.73 bits per heavy atom. The number of fused-ring (bicyclic) bond motifs is 1. The van der Waals surface area contributed by atoms with Gasteiger partial charge in [-0.25, -0.2) is 0 Å². The summed E-state index contributed by atoms with van der Waals surface area (Å²) in [6.07, 6.45) is 3.97. The van der Waals surface area contributed by atoms with Gasteiger partial charge >= 0.3 is 0 Å². The molecule has 1 atom stereocenters. The maximum atomic E-state index is 12.3. The molecule has 2 aromatic carbocycles. The molecule has 0 bridgehead atoms. The molecule has 0 aromatic heterocycles. The molecule has 3 rings (SSSR count). The lowest BCUT2D eigenvalue weighted by Crippen LogP contribution is -2.38. The van der Waals surface area contributed by atoms with E-state index in [9.17, 15) is 4.79 Å². The first kappa shape index (κ1) is 18.6. The Kier molecular flexibility index (Phi) is 6.40. The minimum Gasteiger partial charge on any atom is -0.492 e. The van der Waals surface area contributed by atoms with E-state index in [1.807, 2.05) is 12.1 Å². The number of aryl methyl sites for hydroxylation is 1. The number of hydrogen-bond donors (Lipinski definition) is 1. The molecule has 0 spiro atoms. The summed E-state index contributed by atoms with van der Waals surface area (Å²) in [5.74, 6) is 1.42. The van der Waals surface area contributed by atoms with Gasteiger partial charge in [-0.15, -0.1) is 0 Å². The van der Waals surface area contributed by atoms with Crippen molar-refractivity contribution in [1.29, 1.82) is 0 Å². The van der Waals surface area contributed by atoms with Crippen LogP contribution in [0.5, 0.6) is 11.5 Å². The fraction of sp³-hybridized carbons (Fsp3) is 0.381. The van der Waals surface area contributed by atoms with E-state index in [0.717, 1.165) is 24.3 Å². The van der Waals surface area contributed by atoms with Crippen molar-refractivity contribution in [2.24, 2.45) is 0 Å². The Bertz CT molecular complexity index is 745. The Morgan fingerprint density at radius 1 is 1.15 bits per heavy atom. The van der Waals surface area contributed by atoms with Crippen molar-refractivity contribution in [2.75, 3.05) is 13.2 Å². The molecular weight excluding hydrogens is 350 g/mol. The molecule has 0 saturated heterocycles. The summed E-state index contributed by atoms with van der Waals surface area (Å²) in [5, 5.41) is 3.52. The van der Waals surface area contributed by atoms with Crippen molar-refractivity contribution < 1.29 is 14.3 Å². The second-order valence-electron chi connectivity index (χ2n) is 6.45. The molecule has 0 fully saturated rings. The van der Waals surface area contributed by atoms with Crippen molar-refractivity contribution in [3.05, 3.63) is 58.6 Å². The van der Waals surface area contributed by atoms with Crippen LogP contribution in [0.2, 0.25) is 5.02 Å². The highest BCUT2D eigenvalue weighted by Crippen LogP contribution is 2.30. The predicted molar refractivity (Wildman–Crippen MR) is 103 cm³/mol.